The molecule has 0 N–H and O–H groups in total. The van der Waals surface area contributed by atoms with Crippen molar-refractivity contribution in [2.45, 2.75) is 5.33 Å². The molecule has 0 unspecified atom stereocenters. The zero-order valence-electron chi connectivity index (χ0n) is 15.4. The molecule has 0 saturated heterocycles. The molecular weight excluding hydrogens is 404 g/mol. The fraction of sp³-hybridized carbons (Fsp3) is 0.0370. The van der Waals surface area contributed by atoms with Crippen LogP contribution >= 0.6 is 15.9 Å². The van der Waals surface area contributed by atoms with Crippen LogP contribution in [0.5, 0.6) is 0 Å². The molecule has 0 spiro atoms. The lowest BCUT2D eigenvalue weighted by Gasteiger charge is -2.13. The predicted octanol–water partition coefficient (Wildman–Crippen LogP) is 8.32. The highest BCUT2D eigenvalue weighted by atomic mass is 79.9. The average molecular weight is 423 g/mol. The molecular formula is C27H19Br. The zero-order valence-corrected chi connectivity index (χ0v) is 17.0. The first-order valence-corrected chi connectivity index (χ1v) is 10.6. The minimum absolute atomic E-state index is 0.952. The van der Waals surface area contributed by atoms with Gasteiger partial charge in [-0.25, -0.2) is 0 Å². The Kier molecular flexibility index (Phi) is 4.46. The van der Waals surface area contributed by atoms with Crippen LogP contribution in [-0.2, 0) is 5.33 Å². The summed E-state index contributed by atoms with van der Waals surface area (Å²) in [5, 5.41) is 11.8. The molecule has 0 atom stereocenters. The van der Waals surface area contributed by atoms with Crippen LogP contribution in [-0.4, -0.2) is 0 Å². The fourth-order valence-corrected chi connectivity index (χ4v) is 4.52. The Balaban J connectivity index is 0.000000181. The third kappa shape index (κ3) is 2.83. The summed E-state index contributed by atoms with van der Waals surface area (Å²) in [6.07, 6.45) is 0. The SMILES string of the molecule is BrCc1ccccc1.c1cc2cccc3c4cccc5cccc(c(c1)c23)c54. The molecule has 0 aliphatic carbocycles. The van der Waals surface area contributed by atoms with Gasteiger partial charge in [0, 0.05) is 5.33 Å². The van der Waals surface area contributed by atoms with Crippen LogP contribution in [0.3, 0.4) is 0 Å². The second-order valence-corrected chi connectivity index (χ2v) is 7.60. The molecule has 6 rings (SSSR count). The quantitative estimate of drug-likeness (QED) is 0.142. The van der Waals surface area contributed by atoms with Gasteiger partial charge in [0.1, 0.15) is 0 Å². The van der Waals surface area contributed by atoms with Gasteiger partial charge in [-0.1, -0.05) is 119 Å². The molecule has 0 radical (unpaired) electrons. The van der Waals surface area contributed by atoms with Gasteiger partial charge in [-0.05, 0) is 48.7 Å². The summed E-state index contributed by atoms with van der Waals surface area (Å²) in [5.41, 5.74) is 1.33. The molecule has 6 aromatic carbocycles. The molecule has 0 bridgehead atoms. The highest BCUT2D eigenvalue weighted by molar-refractivity contribution is 9.08. The summed E-state index contributed by atoms with van der Waals surface area (Å²) < 4.78 is 0. The predicted molar refractivity (Wildman–Crippen MR) is 127 cm³/mol. The van der Waals surface area contributed by atoms with Crippen LogP contribution < -0.4 is 0 Å². The first-order valence-electron chi connectivity index (χ1n) is 9.51. The van der Waals surface area contributed by atoms with Crippen molar-refractivity contribution in [2.75, 3.05) is 0 Å². The van der Waals surface area contributed by atoms with Gasteiger partial charge in [0.05, 0.1) is 0 Å². The van der Waals surface area contributed by atoms with Crippen LogP contribution in [0.25, 0.3) is 43.1 Å². The maximum absolute atomic E-state index is 3.36. The van der Waals surface area contributed by atoms with Crippen molar-refractivity contribution in [1.82, 2.24) is 0 Å². The number of hydrogen-bond acceptors (Lipinski definition) is 0. The molecule has 0 heterocycles. The van der Waals surface area contributed by atoms with Gasteiger partial charge in [0.15, 0.2) is 0 Å². The van der Waals surface area contributed by atoms with E-state index in [9.17, 15) is 0 Å². The van der Waals surface area contributed by atoms with Crippen LogP contribution in [0, 0.1) is 0 Å². The van der Waals surface area contributed by atoms with E-state index in [2.05, 4.69) is 101 Å². The van der Waals surface area contributed by atoms with Crippen molar-refractivity contribution >= 4 is 59.0 Å². The Morgan fingerprint density at radius 2 is 0.821 bits per heavy atom. The summed E-state index contributed by atoms with van der Waals surface area (Å²) in [5.74, 6) is 0. The van der Waals surface area contributed by atoms with Gasteiger partial charge >= 0.3 is 0 Å². The number of hydrogen-bond donors (Lipinski definition) is 0. The zero-order chi connectivity index (χ0) is 18.9. The van der Waals surface area contributed by atoms with E-state index in [-0.39, 0.29) is 0 Å². The second-order valence-electron chi connectivity index (χ2n) is 7.04. The minimum atomic E-state index is 0.952. The van der Waals surface area contributed by atoms with Crippen molar-refractivity contribution in [3.05, 3.63) is 109 Å². The Bertz CT molecular complexity index is 1210. The smallest absolute Gasteiger partial charge is 0.0283 e. The highest BCUT2D eigenvalue weighted by Crippen LogP contribution is 2.39. The van der Waals surface area contributed by atoms with E-state index in [1.165, 1.54) is 48.7 Å². The van der Waals surface area contributed by atoms with Crippen molar-refractivity contribution in [3.8, 4) is 0 Å². The summed E-state index contributed by atoms with van der Waals surface area (Å²) in [4.78, 5) is 0. The van der Waals surface area contributed by atoms with Crippen LogP contribution in [0.2, 0.25) is 0 Å². The maximum Gasteiger partial charge on any atom is 0.0283 e. The molecule has 0 saturated carbocycles. The van der Waals surface area contributed by atoms with Crippen molar-refractivity contribution in [1.29, 1.82) is 0 Å². The first kappa shape index (κ1) is 17.2. The Morgan fingerprint density at radius 1 is 0.429 bits per heavy atom. The molecule has 28 heavy (non-hydrogen) atoms. The first-order chi connectivity index (χ1) is 13.9. The Hall–Kier alpha value is -2.90. The fourth-order valence-electron chi connectivity index (χ4n) is 4.15. The third-order valence-corrected chi connectivity index (χ3v) is 6.03. The van der Waals surface area contributed by atoms with E-state index in [0.717, 1.165) is 5.33 Å². The summed E-state index contributed by atoms with van der Waals surface area (Å²) in [7, 11) is 0. The monoisotopic (exact) mass is 422 g/mol. The standard InChI is InChI=1S/C20H12.C7H7Br/c1-5-13-6-2-11-17-18-12-4-8-14-7-3-10-16(20(14)18)15(9-1)19(13)17;8-6-7-4-2-1-3-5-7/h1-12H;1-5H,6H2. The van der Waals surface area contributed by atoms with Crippen LogP contribution in [0.15, 0.2) is 103 Å². The molecule has 6 aromatic rings. The van der Waals surface area contributed by atoms with E-state index in [1.54, 1.807) is 0 Å². The van der Waals surface area contributed by atoms with Crippen molar-refractivity contribution in [3.63, 3.8) is 0 Å². The molecule has 1 heteroatoms. The van der Waals surface area contributed by atoms with E-state index >= 15 is 0 Å². The van der Waals surface area contributed by atoms with E-state index in [0.29, 0.717) is 0 Å². The number of fused-ring (bicyclic) bond motifs is 2. The molecule has 0 aromatic heterocycles. The van der Waals surface area contributed by atoms with Crippen LogP contribution in [0.1, 0.15) is 5.56 Å². The van der Waals surface area contributed by atoms with Crippen molar-refractivity contribution < 1.29 is 0 Å². The molecule has 0 amide bonds. The van der Waals surface area contributed by atoms with Crippen LogP contribution in [0.4, 0.5) is 0 Å². The topological polar surface area (TPSA) is 0 Å². The number of rotatable bonds is 1. The second kappa shape index (κ2) is 7.26. The molecule has 0 aliphatic rings. The van der Waals surface area contributed by atoms with E-state index in [1.807, 2.05) is 18.2 Å². The third-order valence-electron chi connectivity index (χ3n) is 5.39. The normalized spacial score (nSPS) is 11.2. The molecule has 0 aliphatic heterocycles. The summed E-state index contributed by atoms with van der Waals surface area (Å²) >= 11 is 3.36. The van der Waals surface area contributed by atoms with E-state index < -0.39 is 0 Å². The van der Waals surface area contributed by atoms with Gasteiger partial charge in [-0.3, -0.25) is 0 Å². The average Bonchev–Trinajstić information content (AvgIpc) is 2.78. The molecule has 0 nitrogen and oxygen atoms in total. The molecule has 134 valence electrons. The minimum Gasteiger partial charge on any atom is -0.0876 e. The lowest BCUT2D eigenvalue weighted by molar-refractivity contribution is 1.44. The maximum atomic E-state index is 3.36. The summed E-state index contributed by atoms with van der Waals surface area (Å²) in [6, 6.07) is 36.7. The largest absolute Gasteiger partial charge is 0.0876 e. The lowest BCUT2D eigenvalue weighted by atomic mass is 9.90. The number of benzene rings is 6. The number of halogens is 1. The number of alkyl halides is 1. The van der Waals surface area contributed by atoms with Gasteiger partial charge in [-0.2, -0.15) is 0 Å². The van der Waals surface area contributed by atoms with Gasteiger partial charge in [0.2, 0.25) is 0 Å². The lowest BCUT2D eigenvalue weighted by Crippen LogP contribution is -1.85. The highest BCUT2D eigenvalue weighted by Gasteiger charge is 2.11. The van der Waals surface area contributed by atoms with Gasteiger partial charge in [0.25, 0.3) is 0 Å². The van der Waals surface area contributed by atoms with Gasteiger partial charge in [-0.15, -0.1) is 0 Å². The van der Waals surface area contributed by atoms with Gasteiger partial charge < -0.3 is 0 Å². The summed E-state index contributed by atoms with van der Waals surface area (Å²) in [6.45, 7) is 0. The Morgan fingerprint density at radius 3 is 1.14 bits per heavy atom. The van der Waals surface area contributed by atoms with E-state index in [4.69, 9.17) is 0 Å². The molecule has 0 fully saturated rings. The van der Waals surface area contributed by atoms with Crippen molar-refractivity contribution in [2.24, 2.45) is 0 Å². The Labute approximate surface area is 172 Å².